The molecule has 0 spiro atoms. The van der Waals surface area contributed by atoms with Gasteiger partial charge in [0.2, 0.25) is 0 Å². The Kier molecular flexibility index (Phi) is 4.74. The molecule has 21 heavy (non-hydrogen) atoms. The molecule has 0 aliphatic rings. The van der Waals surface area contributed by atoms with Crippen LogP contribution in [0.3, 0.4) is 0 Å². The van der Waals surface area contributed by atoms with Crippen LogP contribution in [0.25, 0.3) is 0 Å². The third-order valence-electron chi connectivity index (χ3n) is 3.59. The summed E-state index contributed by atoms with van der Waals surface area (Å²) in [6.07, 6.45) is 1.36. The molecule has 0 aliphatic carbocycles. The van der Waals surface area contributed by atoms with E-state index >= 15 is 0 Å². The summed E-state index contributed by atoms with van der Waals surface area (Å²) in [5, 5.41) is 0.161. The maximum Gasteiger partial charge on any atom is 0.330 e. The predicted molar refractivity (Wildman–Crippen MR) is 87.9 cm³/mol. The Hall–Kier alpha value is -1.33. The Bertz CT molecular complexity index is 773. The highest BCUT2D eigenvalue weighted by Gasteiger charge is 2.20. The third-order valence-corrected chi connectivity index (χ3v) is 4.90. The molecule has 2 aromatic heterocycles. The Labute approximate surface area is 132 Å². The highest BCUT2D eigenvalue weighted by atomic mass is 35.5. The number of rotatable bonds is 4. The van der Waals surface area contributed by atoms with E-state index < -0.39 is 5.69 Å². The molecule has 2 heterocycles. The molecule has 2 rings (SSSR count). The van der Waals surface area contributed by atoms with Gasteiger partial charge in [0.25, 0.3) is 5.56 Å². The van der Waals surface area contributed by atoms with Crippen molar-refractivity contribution in [2.45, 2.75) is 46.6 Å². The van der Waals surface area contributed by atoms with E-state index in [2.05, 4.69) is 4.98 Å². The van der Waals surface area contributed by atoms with E-state index in [1.165, 1.54) is 9.44 Å². The van der Waals surface area contributed by atoms with Crippen molar-refractivity contribution in [3.63, 3.8) is 0 Å². The van der Waals surface area contributed by atoms with Gasteiger partial charge in [0, 0.05) is 9.75 Å². The fourth-order valence-electron chi connectivity index (χ4n) is 2.58. The van der Waals surface area contributed by atoms with Crippen LogP contribution in [0.1, 0.15) is 47.2 Å². The average molecular weight is 327 g/mol. The van der Waals surface area contributed by atoms with Crippen LogP contribution in [0.4, 0.5) is 0 Å². The van der Waals surface area contributed by atoms with Gasteiger partial charge in [0.1, 0.15) is 5.15 Å². The van der Waals surface area contributed by atoms with E-state index in [1.54, 1.807) is 11.3 Å². The zero-order valence-corrected chi connectivity index (χ0v) is 14.2. The molecule has 0 saturated heterocycles. The molecular weight excluding hydrogens is 308 g/mol. The molecule has 0 aliphatic heterocycles. The molecule has 1 N–H and O–H groups in total. The van der Waals surface area contributed by atoms with E-state index in [1.807, 2.05) is 33.8 Å². The lowest BCUT2D eigenvalue weighted by Crippen LogP contribution is -2.39. The summed E-state index contributed by atoms with van der Waals surface area (Å²) in [7, 11) is 0. The first-order valence-electron chi connectivity index (χ1n) is 6.96. The van der Waals surface area contributed by atoms with Gasteiger partial charge in [-0.1, -0.05) is 24.9 Å². The van der Waals surface area contributed by atoms with Crippen LogP contribution in [-0.2, 0) is 6.42 Å². The summed E-state index contributed by atoms with van der Waals surface area (Å²) in [6.45, 7) is 7.87. The summed E-state index contributed by atoms with van der Waals surface area (Å²) in [6, 6.07) is 1.73. The molecule has 1 atom stereocenters. The topological polar surface area (TPSA) is 54.9 Å². The fraction of sp³-hybridized carbons (Fsp3) is 0.467. The van der Waals surface area contributed by atoms with Crippen LogP contribution in [-0.4, -0.2) is 9.55 Å². The van der Waals surface area contributed by atoms with Gasteiger partial charge in [-0.15, -0.1) is 11.3 Å². The second-order valence-corrected chi connectivity index (χ2v) is 7.03. The van der Waals surface area contributed by atoms with Crippen molar-refractivity contribution in [1.82, 2.24) is 9.55 Å². The molecule has 0 aromatic carbocycles. The minimum Gasteiger partial charge on any atom is -0.297 e. The lowest BCUT2D eigenvalue weighted by Gasteiger charge is -2.16. The van der Waals surface area contributed by atoms with Gasteiger partial charge in [-0.25, -0.2) is 4.79 Å². The zero-order chi connectivity index (χ0) is 15.7. The number of halogens is 1. The maximum absolute atomic E-state index is 12.6. The van der Waals surface area contributed by atoms with Crippen LogP contribution in [0, 0.1) is 13.8 Å². The highest BCUT2D eigenvalue weighted by Crippen LogP contribution is 2.27. The van der Waals surface area contributed by atoms with Crippen LogP contribution in [0.2, 0.25) is 5.15 Å². The average Bonchev–Trinajstić information content (AvgIpc) is 2.73. The molecule has 6 heteroatoms. The first kappa shape index (κ1) is 16.0. The first-order valence-corrected chi connectivity index (χ1v) is 8.16. The normalized spacial score (nSPS) is 12.6. The molecule has 1 unspecified atom stereocenters. The predicted octanol–water partition coefficient (Wildman–Crippen LogP) is 3.43. The molecule has 2 aromatic rings. The molecular formula is C15H19ClN2O2S. The summed E-state index contributed by atoms with van der Waals surface area (Å²) in [5.74, 6) is 0. The SMILES string of the molecule is CCCc1c(Cl)[nH]c(=O)n(C(C)c2cc(C)sc2C)c1=O. The van der Waals surface area contributed by atoms with Gasteiger partial charge < -0.3 is 0 Å². The first-order chi connectivity index (χ1) is 9.86. The molecule has 0 fully saturated rings. The summed E-state index contributed by atoms with van der Waals surface area (Å²) in [5.41, 5.74) is 0.743. The Morgan fingerprint density at radius 2 is 2.05 bits per heavy atom. The molecule has 0 bridgehead atoms. The molecule has 0 saturated carbocycles. The van der Waals surface area contributed by atoms with E-state index in [4.69, 9.17) is 11.6 Å². The number of hydrogen-bond donors (Lipinski definition) is 1. The largest absolute Gasteiger partial charge is 0.330 e. The minimum atomic E-state index is -0.458. The number of nitrogens with one attached hydrogen (secondary N) is 1. The molecule has 0 radical (unpaired) electrons. The third kappa shape index (κ3) is 2.99. The summed E-state index contributed by atoms with van der Waals surface area (Å²) in [4.78, 5) is 29.6. The van der Waals surface area contributed by atoms with Crippen molar-refractivity contribution < 1.29 is 0 Å². The Balaban J connectivity index is 2.63. The highest BCUT2D eigenvalue weighted by molar-refractivity contribution is 7.12. The van der Waals surface area contributed by atoms with Gasteiger partial charge in [0.15, 0.2) is 0 Å². The molecule has 114 valence electrons. The summed E-state index contributed by atoms with van der Waals surface area (Å²) >= 11 is 7.67. The Morgan fingerprint density at radius 3 is 2.57 bits per heavy atom. The lowest BCUT2D eigenvalue weighted by atomic mass is 10.1. The zero-order valence-electron chi connectivity index (χ0n) is 12.6. The van der Waals surface area contributed by atoms with Crippen molar-refractivity contribution >= 4 is 22.9 Å². The van der Waals surface area contributed by atoms with Crippen molar-refractivity contribution in [2.75, 3.05) is 0 Å². The van der Waals surface area contributed by atoms with Gasteiger partial charge in [0.05, 0.1) is 11.6 Å². The smallest absolute Gasteiger partial charge is 0.297 e. The number of hydrogen-bond acceptors (Lipinski definition) is 3. The van der Waals surface area contributed by atoms with Crippen molar-refractivity contribution in [2.24, 2.45) is 0 Å². The number of aryl methyl sites for hydroxylation is 2. The van der Waals surface area contributed by atoms with E-state index in [0.717, 1.165) is 16.9 Å². The Morgan fingerprint density at radius 1 is 1.38 bits per heavy atom. The molecule has 0 amide bonds. The maximum atomic E-state index is 12.6. The van der Waals surface area contributed by atoms with Gasteiger partial charge in [-0.3, -0.25) is 14.3 Å². The van der Waals surface area contributed by atoms with Crippen LogP contribution < -0.4 is 11.2 Å². The second-order valence-electron chi connectivity index (χ2n) is 5.19. The number of aromatic nitrogens is 2. The van der Waals surface area contributed by atoms with Gasteiger partial charge in [-0.2, -0.15) is 0 Å². The number of aromatic amines is 1. The minimum absolute atomic E-state index is 0.161. The summed E-state index contributed by atoms with van der Waals surface area (Å²) < 4.78 is 1.27. The number of nitrogens with zero attached hydrogens (tertiary/aromatic N) is 1. The van der Waals surface area contributed by atoms with Crippen LogP contribution in [0.5, 0.6) is 0 Å². The van der Waals surface area contributed by atoms with Crippen LogP contribution >= 0.6 is 22.9 Å². The van der Waals surface area contributed by atoms with Crippen molar-refractivity contribution in [1.29, 1.82) is 0 Å². The molecule has 4 nitrogen and oxygen atoms in total. The van der Waals surface area contributed by atoms with Crippen molar-refractivity contribution in [3.05, 3.63) is 52.9 Å². The van der Waals surface area contributed by atoms with E-state index in [9.17, 15) is 9.59 Å². The lowest BCUT2D eigenvalue weighted by molar-refractivity contribution is 0.569. The number of H-pyrrole nitrogens is 1. The van der Waals surface area contributed by atoms with E-state index in [-0.39, 0.29) is 16.8 Å². The van der Waals surface area contributed by atoms with Crippen LogP contribution in [0.15, 0.2) is 15.7 Å². The quantitative estimate of drug-likeness (QED) is 0.875. The van der Waals surface area contributed by atoms with Gasteiger partial charge in [-0.05, 0) is 38.8 Å². The standard InChI is InChI=1S/C15H19ClN2O2S/c1-5-6-11-13(16)17-15(20)18(14(11)19)9(3)12-7-8(2)21-10(12)4/h7,9H,5-6H2,1-4H3,(H,17,20). The van der Waals surface area contributed by atoms with Crippen molar-refractivity contribution in [3.8, 4) is 0 Å². The second kappa shape index (κ2) is 6.20. The number of thiophene rings is 1. The van der Waals surface area contributed by atoms with Gasteiger partial charge >= 0.3 is 5.69 Å². The van der Waals surface area contributed by atoms with E-state index in [0.29, 0.717) is 12.0 Å². The monoisotopic (exact) mass is 326 g/mol. The fourth-order valence-corrected chi connectivity index (χ4v) is 3.86.